The smallest absolute Gasteiger partial charge is 0.257 e. The molecule has 0 aliphatic heterocycles. The van der Waals surface area contributed by atoms with Crippen LogP contribution in [-0.2, 0) is 28.8 Å². The third-order valence-electron chi connectivity index (χ3n) is 12.9. The predicted molar refractivity (Wildman–Crippen MR) is 329 cm³/mol. The van der Waals surface area contributed by atoms with Gasteiger partial charge in [0, 0.05) is 39.3 Å². The van der Waals surface area contributed by atoms with Gasteiger partial charge in [0.2, 0.25) is 0 Å². The second-order valence-corrected chi connectivity index (χ2v) is 22.3. The third-order valence-corrected chi connectivity index (χ3v) is 12.9. The standard InChI is InChI=1S/C60H96N12O12/c1-67(2)25-13-19-61-55(73)37-79-49-31-43-44(32-50(49)80-38-56(74)62-20-14-26-68(3)4)46-34-52(82-40-58(76)64-22-16-28-70(7)8)54(84-42-60(78)66-24-18-30-72(11)12)36-48(46)47-35-53(83-41-59(77)65-23-17-29-71(9)10)51(33-45(43)47)81-39-57(75)63-21-15-27-69(5)6/h31-36H,13-30,37-42H2,1-12H3,(H,61,73)(H,62,74)(H,63,75)(H,64,76)(H,65,77)(H,66,78). The molecular weight excluding hydrogens is 1080 g/mol. The molecule has 0 aliphatic carbocycles. The second-order valence-electron chi connectivity index (χ2n) is 22.3. The van der Waals surface area contributed by atoms with Gasteiger partial charge in [-0.1, -0.05) is 0 Å². The minimum atomic E-state index is -0.390. The minimum Gasteiger partial charge on any atom is -0.480 e. The molecule has 0 saturated heterocycles. The molecule has 4 aromatic rings. The SMILES string of the molecule is CN(C)CCCNC(=O)COc1cc2c3cc(OCC(=O)NCCCN(C)C)c(OCC(=O)NCCCN(C)C)cc3c3cc(OCC(=O)NCCCN(C)C)c(OCC(=O)NCCCN(C)C)cc3c2cc1OCC(=O)NCCCN(C)C. The summed E-state index contributed by atoms with van der Waals surface area (Å²) in [5.41, 5.74) is 0. The fourth-order valence-electron chi connectivity index (χ4n) is 8.60. The van der Waals surface area contributed by atoms with Crippen molar-refractivity contribution in [3.8, 4) is 34.5 Å². The van der Waals surface area contributed by atoms with Crippen molar-refractivity contribution in [3.63, 3.8) is 0 Å². The van der Waals surface area contributed by atoms with E-state index in [-0.39, 0.29) is 69.9 Å². The number of ether oxygens (including phenoxy) is 6. The summed E-state index contributed by atoms with van der Waals surface area (Å²) in [5.74, 6) is -1.44. The van der Waals surface area contributed by atoms with Crippen molar-refractivity contribution in [2.24, 2.45) is 0 Å². The predicted octanol–water partition coefficient (Wildman–Crippen LogP) is 1.83. The Morgan fingerprint density at radius 2 is 0.393 bits per heavy atom. The number of carbonyl (C=O) groups excluding carboxylic acids is 6. The van der Waals surface area contributed by atoms with Gasteiger partial charge in [0.1, 0.15) is 0 Å². The quantitative estimate of drug-likeness (QED) is 0.0274. The monoisotopic (exact) mass is 1180 g/mol. The van der Waals surface area contributed by atoms with E-state index in [1.165, 1.54) is 0 Å². The van der Waals surface area contributed by atoms with E-state index in [9.17, 15) is 28.8 Å². The number of fused-ring (bicyclic) bond motifs is 6. The molecule has 0 fully saturated rings. The number of nitrogens with zero attached hydrogens (tertiary/aromatic N) is 6. The Balaban J connectivity index is 2.01. The van der Waals surface area contributed by atoms with Gasteiger partial charge >= 0.3 is 0 Å². The normalized spacial score (nSPS) is 11.5. The highest BCUT2D eigenvalue weighted by Crippen LogP contribution is 2.47. The average molecular weight is 1180 g/mol. The lowest BCUT2D eigenvalue weighted by molar-refractivity contribution is -0.124. The van der Waals surface area contributed by atoms with E-state index < -0.39 is 39.6 Å². The van der Waals surface area contributed by atoms with Crippen molar-refractivity contribution in [2.75, 3.05) is 203 Å². The third kappa shape index (κ3) is 26.3. The van der Waals surface area contributed by atoms with Crippen molar-refractivity contribution in [2.45, 2.75) is 38.5 Å². The maximum atomic E-state index is 13.3. The molecule has 0 aliphatic rings. The fraction of sp³-hybridized carbons (Fsp3) is 0.600. The molecule has 0 heterocycles. The summed E-state index contributed by atoms with van der Waals surface area (Å²) in [6.07, 6.45) is 4.28. The maximum absolute atomic E-state index is 13.3. The van der Waals surface area contributed by atoms with Gasteiger partial charge in [0.05, 0.1) is 0 Å². The maximum Gasteiger partial charge on any atom is 0.257 e. The molecule has 0 atom stereocenters. The van der Waals surface area contributed by atoms with Crippen LogP contribution < -0.4 is 60.3 Å². The summed E-state index contributed by atoms with van der Waals surface area (Å²) in [6, 6.07) is 10.2. The molecule has 4 aromatic carbocycles. The zero-order valence-electron chi connectivity index (χ0n) is 52.0. The molecule has 0 saturated carbocycles. The number of nitrogens with one attached hydrogen (secondary N) is 6. The molecular formula is C60H96N12O12. The molecule has 4 rings (SSSR count). The second kappa shape index (κ2) is 37.4. The molecule has 0 bridgehead atoms. The first-order valence-corrected chi connectivity index (χ1v) is 28.9. The molecule has 0 aromatic heterocycles. The summed E-state index contributed by atoms with van der Waals surface area (Å²) in [4.78, 5) is 92.2. The largest absolute Gasteiger partial charge is 0.480 e. The van der Waals surface area contributed by atoms with Crippen LogP contribution in [0.25, 0.3) is 32.3 Å². The summed E-state index contributed by atoms with van der Waals surface area (Å²) < 4.78 is 37.8. The molecule has 0 unspecified atom stereocenters. The van der Waals surface area contributed by atoms with Gasteiger partial charge in [-0.3, -0.25) is 28.8 Å². The van der Waals surface area contributed by atoms with Gasteiger partial charge in [-0.2, -0.15) is 0 Å². The molecule has 24 heteroatoms. The number of amides is 6. The van der Waals surface area contributed by atoms with Crippen LogP contribution in [0.5, 0.6) is 34.5 Å². The molecule has 468 valence electrons. The van der Waals surface area contributed by atoms with Crippen molar-refractivity contribution in [1.29, 1.82) is 0 Å². The van der Waals surface area contributed by atoms with E-state index in [1.807, 2.05) is 114 Å². The Hall–Kier alpha value is -6.96. The highest BCUT2D eigenvalue weighted by Gasteiger charge is 2.23. The highest BCUT2D eigenvalue weighted by atomic mass is 16.5. The van der Waals surface area contributed by atoms with Crippen molar-refractivity contribution in [1.82, 2.24) is 61.3 Å². The minimum absolute atomic E-state index is 0.136. The van der Waals surface area contributed by atoms with E-state index in [2.05, 4.69) is 31.9 Å². The number of hydrogen-bond donors (Lipinski definition) is 6. The van der Waals surface area contributed by atoms with Crippen LogP contribution in [0, 0.1) is 0 Å². The summed E-state index contributed by atoms with van der Waals surface area (Å²) in [6.45, 7) is 4.77. The number of benzene rings is 4. The van der Waals surface area contributed by atoms with Crippen LogP contribution >= 0.6 is 0 Å². The van der Waals surface area contributed by atoms with Gasteiger partial charge in [0.15, 0.2) is 74.1 Å². The lowest BCUT2D eigenvalue weighted by Crippen LogP contribution is -2.32. The Morgan fingerprint density at radius 1 is 0.262 bits per heavy atom. The molecule has 6 amide bonds. The van der Waals surface area contributed by atoms with Gasteiger partial charge < -0.3 is 89.7 Å². The van der Waals surface area contributed by atoms with Crippen LogP contribution in [-0.4, -0.2) is 268 Å². The van der Waals surface area contributed by atoms with Crippen LogP contribution in [0.15, 0.2) is 36.4 Å². The number of carbonyl (C=O) groups is 6. The Kier molecular flexibility index (Phi) is 30.9. The number of rotatable bonds is 42. The van der Waals surface area contributed by atoms with E-state index in [1.54, 1.807) is 36.4 Å². The van der Waals surface area contributed by atoms with E-state index in [0.29, 0.717) is 110 Å². The fourth-order valence-corrected chi connectivity index (χ4v) is 8.60. The molecule has 0 spiro atoms. The van der Waals surface area contributed by atoms with Gasteiger partial charge in [-0.25, -0.2) is 0 Å². The first-order valence-electron chi connectivity index (χ1n) is 28.9. The van der Waals surface area contributed by atoms with E-state index in [0.717, 1.165) is 39.3 Å². The topological polar surface area (TPSA) is 249 Å². The summed E-state index contributed by atoms with van der Waals surface area (Å²) in [7, 11) is 23.5. The van der Waals surface area contributed by atoms with Crippen LogP contribution in [0.2, 0.25) is 0 Å². The first kappa shape index (κ1) is 69.5. The molecule has 24 nitrogen and oxygen atoms in total. The van der Waals surface area contributed by atoms with Crippen LogP contribution in [0.3, 0.4) is 0 Å². The summed E-state index contributed by atoms with van der Waals surface area (Å²) in [5, 5.41) is 20.7. The lowest BCUT2D eigenvalue weighted by Gasteiger charge is -2.20. The lowest BCUT2D eigenvalue weighted by atomic mass is 9.93. The van der Waals surface area contributed by atoms with Crippen molar-refractivity contribution in [3.05, 3.63) is 36.4 Å². The van der Waals surface area contributed by atoms with Crippen LogP contribution in [0.4, 0.5) is 0 Å². The van der Waals surface area contributed by atoms with E-state index in [4.69, 9.17) is 28.4 Å². The highest BCUT2D eigenvalue weighted by molar-refractivity contribution is 6.27. The van der Waals surface area contributed by atoms with Gasteiger partial charge in [0.25, 0.3) is 35.4 Å². The van der Waals surface area contributed by atoms with Crippen molar-refractivity contribution >= 4 is 67.8 Å². The van der Waals surface area contributed by atoms with E-state index >= 15 is 0 Å². The molecule has 6 N–H and O–H groups in total. The first-order chi connectivity index (χ1) is 40.1. The average Bonchev–Trinajstić information content (AvgIpc) is 1.43. The molecule has 84 heavy (non-hydrogen) atoms. The van der Waals surface area contributed by atoms with Crippen LogP contribution in [0.1, 0.15) is 38.5 Å². The zero-order chi connectivity index (χ0) is 61.6. The zero-order valence-corrected chi connectivity index (χ0v) is 52.0. The Morgan fingerprint density at radius 3 is 0.512 bits per heavy atom. The van der Waals surface area contributed by atoms with Gasteiger partial charge in [-0.15, -0.1) is 0 Å². The summed E-state index contributed by atoms with van der Waals surface area (Å²) >= 11 is 0. The van der Waals surface area contributed by atoms with Gasteiger partial charge in [-0.05, 0) is 231 Å². The Labute approximate surface area is 496 Å². The Bertz CT molecular complexity index is 2240. The molecule has 0 radical (unpaired) electrons. The van der Waals surface area contributed by atoms with Crippen molar-refractivity contribution < 1.29 is 57.2 Å². The number of hydrogen-bond acceptors (Lipinski definition) is 18.